The smallest absolute Gasteiger partial charge is 0.269 e. The van der Waals surface area contributed by atoms with Gasteiger partial charge in [0.1, 0.15) is 75.9 Å². The monoisotopic (exact) mass is 921 g/mol. The summed E-state index contributed by atoms with van der Waals surface area (Å²) in [6.45, 7) is 6.08. The van der Waals surface area contributed by atoms with Crippen molar-refractivity contribution in [3.05, 3.63) is 256 Å². The van der Waals surface area contributed by atoms with Crippen LogP contribution in [0.4, 0.5) is 5.69 Å². The molecule has 0 saturated heterocycles. The fourth-order valence-electron chi connectivity index (χ4n) is 7.00. The van der Waals surface area contributed by atoms with Gasteiger partial charge in [-0.2, -0.15) is 0 Å². The van der Waals surface area contributed by atoms with E-state index >= 15 is 0 Å². The standard InChI is InChI=1S/C58H51NO10/c1-2-30-62-51-24-18-46(19-25-51)39-66-55-29-21-48(34-57(55)68-38-45-16-10-5-11-17-45)41-67-56-28-20-47(40-63-52-26-22-50(23-27-52)59(60)61)33-58(56)69-42-49-31-53(64-36-43-12-6-3-7-13-43)35-54(32-49)65-37-44-14-8-4-9-15-44/h2-29,31-35H,1,30,36-42H2. The van der Waals surface area contributed by atoms with Crippen molar-refractivity contribution in [3.8, 4) is 46.0 Å². The summed E-state index contributed by atoms with van der Waals surface area (Å²) in [5.41, 5.74) is 6.49. The fraction of sp³-hybridized carbons (Fsp3) is 0.138. The highest BCUT2D eigenvalue weighted by Crippen LogP contribution is 2.35. The predicted octanol–water partition coefficient (Wildman–Crippen LogP) is 13.2. The zero-order valence-corrected chi connectivity index (χ0v) is 37.9. The van der Waals surface area contributed by atoms with E-state index < -0.39 is 4.92 Å². The van der Waals surface area contributed by atoms with Gasteiger partial charge in [-0.25, -0.2) is 0 Å². The zero-order chi connectivity index (χ0) is 47.5. The van der Waals surface area contributed by atoms with E-state index in [1.165, 1.54) is 12.1 Å². The first kappa shape index (κ1) is 46.8. The second-order valence-corrected chi connectivity index (χ2v) is 15.8. The number of non-ortho nitro benzene ring substituents is 1. The van der Waals surface area contributed by atoms with E-state index in [1.54, 1.807) is 18.2 Å². The van der Waals surface area contributed by atoms with Crippen molar-refractivity contribution < 1.29 is 42.8 Å². The fourth-order valence-corrected chi connectivity index (χ4v) is 7.00. The lowest BCUT2D eigenvalue weighted by Crippen LogP contribution is -2.05. The Labute approximate surface area is 401 Å². The normalized spacial score (nSPS) is 10.7. The molecule has 11 nitrogen and oxygen atoms in total. The Balaban J connectivity index is 1.02. The number of hydrogen-bond acceptors (Lipinski definition) is 10. The molecule has 0 unspecified atom stereocenters. The lowest BCUT2D eigenvalue weighted by atomic mass is 10.2. The van der Waals surface area contributed by atoms with Gasteiger partial charge in [-0.05, 0) is 99.6 Å². The van der Waals surface area contributed by atoms with Crippen LogP contribution in [0, 0.1) is 10.1 Å². The molecule has 0 atom stereocenters. The van der Waals surface area contributed by atoms with Crippen LogP contribution in [0.3, 0.4) is 0 Å². The zero-order valence-electron chi connectivity index (χ0n) is 37.9. The van der Waals surface area contributed by atoms with Crippen LogP contribution in [-0.4, -0.2) is 11.5 Å². The molecule has 8 aromatic carbocycles. The van der Waals surface area contributed by atoms with Gasteiger partial charge in [-0.1, -0.05) is 128 Å². The number of hydrogen-bond donors (Lipinski definition) is 0. The number of nitrogens with zero attached hydrogens (tertiary/aromatic N) is 1. The van der Waals surface area contributed by atoms with Crippen LogP contribution in [0.25, 0.3) is 0 Å². The lowest BCUT2D eigenvalue weighted by Gasteiger charge is -2.17. The molecule has 0 aliphatic heterocycles. The van der Waals surface area contributed by atoms with E-state index in [0.717, 1.165) is 44.7 Å². The van der Waals surface area contributed by atoms with Crippen molar-refractivity contribution in [2.75, 3.05) is 6.61 Å². The molecule has 0 N–H and O–H groups in total. The number of rotatable bonds is 25. The molecular weight excluding hydrogens is 871 g/mol. The summed E-state index contributed by atoms with van der Waals surface area (Å²) in [4.78, 5) is 10.8. The van der Waals surface area contributed by atoms with Gasteiger partial charge in [-0.3, -0.25) is 10.1 Å². The second-order valence-electron chi connectivity index (χ2n) is 15.8. The number of nitro groups is 1. The minimum atomic E-state index is -0.445. The lowest BCUT2D eigenvalue weighted by molar-refractivity contribution is -0.384. The topological polar surface area (TPSA) is 117 Å². The molecule has 0 aliphatic rings. The molecule has 0 bridgehead atoms. The Kier molecular flexibility index (Phi) is 16.4. The van der Waals surface area contributed by atoms with Crippen molar-refractivity contribution in [3.63, 3.8) is 0 Å². The number of nitro benzene ring substituents is 1. The van der Waals surface area contributed by atoms with Crippen LogP contribution in [0.1, 0.15) is 38.9 Å². The molecule has 0 fully saturated rings. The highest BCUT2D eigenvalue weighted by molar-refractivity contribution is 5.46. The van der Waals surface area contributed by atoms with E-state index in [4.69, 9.17) is 37.9 Å². The molecule has 0 aromatic heterocycles. The maximum absolute atomic E-state index is 11.2. The Morgan fingerprint density at radius 3 is 1.19 bits per heavy atom. The van der Waals surface area contributed by atoms with Gasteiger partial charge < -0.3 is 37.9 Å². The number of ether oxygens (including phenoxy) is 8. The van der Waals surface area contributed by atoms with Crippen LogP contribution in [0.2, 0.25) is 0 Å². The molecule has 0 aliphatic carbocycles. The Bertz CT molecular complexity index is 2810. The maximum atomic E-state index is 11.2. The molecule has 8 rings (SSSR count). The molecule has 0 saturated carbocycles. The van der Waals surface area contributed by atoms with Gasteiger partial charge in [0.25, 0.3) is 5.69 Å². The highest BCUT2D eigenvalue weighted by Gasteiger charge is 2.14. The van der Waals surface area contributed by atoms with E-state index in [9.17, 15) is 10.1 Å². The van der Waals surface area contributed by atoms with Crippen molar-refractivity contribution in [2.24, 2.45) is 0 Å². The molecule has 11 heteroatoms. The first-order valence-electron chi connectivity index (χ1n) is 22.4. The minimum absolute atomic E-state index is 0.0171. The summed E-state index contributed by atoms with van der Waals surface area (Å²) in [6.07, 6.45) is 1.71. The summed E-state index contributed by atoms with van der Waals surface area (Å²) in [5, 5.41) is 11.2. The summed E-state index contributed by atoms with van der Waals surface area (Å²) in [6, 6.07) is 60.7. The largest absolute Gasteiger partial charge is 0.490 e. The van der Waals surface area contributed by atoms with E-state index in [1.807, 2.05) is 170 Å². The van der Waals surface area contributed by atoms with Crippen LogP contribution >= 0.6 is 0 Å². The van der Waals surface area contributed by atoms with Crippen molar-refractivity contribution >= 4 is 5.69 Å². The molecule has 0 heterocycles. The SMILES string of the molecule is C=CCOc1ccc(COc2ccc(COc3ccc(COc4ccc([N+](=O)[O-])cc4)cc3OCc3cc(OCc4ccccc4)cc(OCc4ccccc4)c3)cc2OCc2ccccc2)cc1. The minimum Gasteiger partial charge on any atom is -0.490 e. The van der Waals surface area contributed by atoms with Crippen LogP contribution < -0.4 is 37.9 Å². The quantitative estimate of drug-likeness (QED) is 0.0311. The van der Waals surface area contributed by atoms with Gasteiger partial charge in [0, 0.05) is 18.2 Å². The third-order valence-electron chi connectivity index (χ3n) is 10.6. The number of benzene rings is 8. The van der Waals surface area contributed by atoms with Gasteiger partial charge in [-0.15, -0.1) is 0 Å². The van der Waals surface area contributed by atoms with Crippen molar-refractivity contribution in [1.29, 1.82) is 0 Å². The van der Waals surface area contributed by atoms with Gasteiger partial charge >= 0.3 is 0 Å². The molecule has 0 spiro atoms. The molecule has 0 amide bonds. The molecular formula is C58H51NO10. The van der Waals surface area contributed by atoms with Gasteiger partial charge in [0.2, 0.25) is 0 Å². The Morgan fingerprint density at radius 2 is 0.710 bits per heavy atom. The molecule has 0 radical (unpaired) electrons. The van der Waals surface area contributed by atoms with Gasteiger partial charge in [0.05, 0.1) is 4.92 Å². The third-order valence-corrected chi connectivity index (χ3v) is 10.6. The average Bonchev–Trinajstić information content (AvgIpc) is 3.40. The second kappa shape index (κ2) is 24.2. The Morgan fingerprint density at radius 1 is 0.348 bits per heavy atom. The molecule has 348 valence electrons. The van der Waals surface area contributed by atoms with Crippen molar-refractivity contribution in [1.82, 2.24) is 0 Å². The van der Waals surface area contributed by atoms with Crippen LogP contribution in [-0.2, 0) is 46.2 Å². The average molecular weight is 922 g/mol. The van der Waals surface area contributed by atoms with E-state index in [-0.39, 0.29) is 25.5 Å². The van der Waals surface area contributed by atoms with Crippen LogP contribution in [0.5, 0.6) is 46.0 Å². The summed E-state index contributed by atoms with van der Waals surface area (Å²) < 4.78 is 50.0. The van der Waals surface area contributed by atoms with Crippen molar-refractivity contribution in [2.45, 2.75) is 46.2 Å². The molecule has 8 aromatic rings. The molecule has 69 heavy (non-hydrogen) atoms. The third kappa shape index (κ3) is 14.4. The summed E-state index contributed by atoms with van der Waals surface area (Å²) in [5.74, 6) is 4.64. The first-order valence-corrected chi connectivity index (χ1v) is 22.4. The first-order chi connectivity index (χ1) is 33.9. The Hall–Kier alpha value is -8.70. The maximum Gasteiger partial charge on any atom is 0.269 e. The predicted molar refractivity (Wildman–Crippen MR) is 264 cm³/mol. The van der Waals surface area contributed by atoms with Crippen LogP contribution in [0.15, 0.2) is 207 Å². The summed E-state index contributed by atoms with van der Waals surface area (Å²) >= 11 is 0. The highest BCUT2D eigenvalue weighted by atomic mass is 16.6. The summed E-state index contributed by atoms with van der Waals surface area (Å²) in [7, 11) is 0. The van der Waals surface area contributed by atoms with E-state index in [2.05, 4.69) is 6.58 Å². The van der Waals surface area contributed by atoms with Gasteiger partial charge in [0.15, 0.2) is 23.0 Å². The van der Waals surface area contributed by atoms with E-state index in [0.29, 0.717) is 73.3 Å².